The predicted octanol–water partition coefficient (Wildman–Crippen LogP) is 5.59. The maximum atomic E-state index is 12.6. The first-order valence-electron chi connectivity index (χ1n) is 10.0. The Balaban J connectivity index is 1.83. The molecular formula is C23H30ClNO3. The van der Waals surface area contributed by atoms with E-state index in [0.29, 0.717) is 19.5 Å². The van der Waals surface area contributed by atoms with Crippen LogP contribution in [0.25, 0.3) is 0 Å². The van der Waals surface area contributed by atoms with E-state index in [-0.39, 0.29) is 16.9 Å². The van der Waals surface area contributed by atoms with E-state index in [2.05, 4.69) is 26.0 Å². The zero-order valence-corrected chi connectivity index (χ0v) is 17.8. The molecule has 1 amide bonds. The van der Waals surface area contributed by atoms with Gasteiger partial charge in [0, 0.05) is 30.0 Å². The zero-order chi connectivity index (χ0) is 20.2. The highest BCUT2D eigenvalue weighted by atomic mass is 35.5. The van der Waals surface area contributed by atoms with E-state index in [0.717, 1.165) is 36.7 Å². The Morgan fingerprint density at radius 3 is 2.57 bits per heavy atom. The van der Waals surface area contributed by atoms with Gasteiger partial charge in [0.05, 0.1) is 18.4 Å². The lowest BCUT2D eigenvalue weighted by atomic mass is 9.67. The number of ether oxygens (including phenoxy) is 1. The lowest BCUT2D eigenvalue weighted by Crippen LogP contribution is -2.46. The molecule has 1 fully saturated rings. The molecule has 1 aromatic carbocycles. The molecule has 0 radical (unpaired) electrons. The highest BCUT2D eigenvalue weighted by Crippen LogP contribution is 2.44. The first kappa shape index (κ1) is 20.9. The van der Waals surface area contributed by atoms with Crippen molar-refractivity contribution in [1.29, 1.82) is 0 Å². The van der Waals surface area contributed by atoms with Gasteiger partial charge < -0.3 is 14.1 Å². The van der Waals surface area contributed by atoms with Crippen molar-refractivity contribution in [1.82, 2.24) is 4.90 Å². The summed E-state index contributed by atoms with van der Waals surface area (Å²) in [6.07, 6.45) is 4.88. The van der Waals surface area contributed by atoms with Crippen LogP contribution in [0.4, 0.5) is 0 Å². The quantitative estimate of drug-likeness (QED) is 0.605. The van der Waals surface area contributed by atoms with Gasteiger partial charge in [-0.25, -0.2) is 0 Å². The number of amides is 1. The van der Waals surface area contributed by atoms with Crippen molar-refractivity contribution in [3.8, 4) is 0 Å². The Kier molecular flexibility index (Phi) is 6.51. The lowest BCUT2D eigenvalue weighted by Gasteiger charge is -2.46. The molecule has 0 N–H and O–H groups in total. The molecule has 0 spiro atoms. The second-order valence-corrected chi connectivity index (χ2v) is 8.76. The van der Waals surface area contributed by atoms with Gasteiger partial charge in [0.15, 0.2) is 0 Å². The first-order chi connectivity index (χ1) is 13.3. The number of hydrogen-bond acceptors (Lipinski definition) is 3. The van der Waals surface area contributed by atoms with Crippen LogP contribution in [-0.4, -0.2) is 29.6 Å². The molecule has 0 bridgehead atoms. The molecule has 1 saturated heterocycles. The minimum atomic E-state index is -0.196. The van der Waals surface area contributed by atoms with Crippen LogP contribution < -0.4 is 0 Å². The second-order valence-electron chi connectivity index (χ2n) is 8.32. The van der Waals surface area contributed by atoms with Crippen molar-refractivity contribution in [2.24, 2.45) is 0 Å². The number of benzene rings is 1. The van der Waals surface area contributed by atoms with Gasteiger partial charge in [-0.05, 0) is 62.9 Å². The fourth-order valence-electron chi connectivity index (χ4n) is 4.34. The summed E-state index contributed by atoms with van der Waals surface area (Å²) in [7, 11) is 0. The summed E-state index contributed by atoms with van der Waals surface area (Å²) in [4.78, 5) is 14.5. The Morgan fingerprint density at radius 1 is 1.21 bits per heavy atom. The molecule has 1 atom stereocenters. The summed E-state index contributed by atoms with van der Waals surface area (Å²) in [5.41, 5.74) is 1.04. The van der Waals surface area contributed by atoms with E-state index >= 15 is 0 Å². The third kappa shape index (κ3) is 4.98. The van der Waals surface area contributed by atoms with Gasteiger partial charge >= 0.3 is 0 Å². The minimum Gasteiger partial charge on any atom is -0.467 e. The topological polar surface area (TPSA) is 42.7 Å². The lowest BCUT2D eigenvalue weighted by molar-refractivity contribution is -0.132. The number of furan rings is 1. The molecule has 3 rings (SSSR count). The van der Waals surface area contributed by atoms with E-state index < -0.39 is 0 Å². The predicted molar refractivity (Wildman–Crippen MR) is 111 cm³/mol. The number of hydrogen-bond donors (Lipinski definition) is 0. The molecule has 4 nitrogen and oxygen atoms in total. The average molecular weight is 404 g/mol. The maximum absolute atomic E-state index is 12.6. The number of rotatable bonds is 7. The van der Waals surface area contributed by atoms with Gasteiger partial charge in [-0.1, -0.05) is 30.7 Å². The summed E-state index contributed by atoms with van der Waals surface area (Å²) < 4.78 is 11.5. The van der Waals surface area contributed by atoms with E-state index in [1.165, 1.54) is 5.56 Å². The van der Waals surface area contributed by atoms with E-state index in [1.54, 1.807) is 6.26 Å². The van der Waals surface area contributed by atoms with Crippen LogP contribution in [0.1, 0.15) is 57.8 Å². The van der Waals surface area contributed by atoms with E-state index in [1.807, 2.05) is 36.1 Å². The summed E-state index contributed by atoms with van der Waals surface area (Å²) in [5.74, 6) is 0.962. The number of halogens is 1. The monoisotopic (exact) mass is 403 g/mol. The Hall–Kier alpha value is -1.78. The second kappa shape index (κ2) is 8.71. The number of nitrogens with zero attached hydrogens (tertiary/aromatic N) is 1. The summed E-state index contributed by atoms with van der Waals surface area (Å²) in [6, 6.07) is 11.9. The van der Waals surface area contributed by atoms with Gasteiger partial charge in [-0.3, -0.25) is 4.79 Å². The molecule has 152 valence electrons. The standard InChI is InChI=1S/C23H30ClNO3/c1-4-21(26)25(16-20-6-5-14-27-20)13-11-23(12-15-28-22(2,3)17-23)18-7-9-19(24)10-8-18/h5-10,14H,4,11-13,15-17H2,1-3H3/t23-/m0/s1. The smallest absolute Gasteiger partial charge is 0.222 e. The van der Waals surface area contributed by atoms with Crippen molar-refractivity contribution in [3.05, 3.63) is 59.0 Å². The van der Waals surface area contributed by atoms with E-state index in [9.17, 15) is 4.79 Å². The average Bonchev–Trinajstić information content (AvgIpc) is 3.17. The highest BCUT2D eigenvalue weighted by molar-refractivity contribution is 6.30. The normalized spacial score (nSPS) is 21.4. The van der Waals surface area contributed by atoms with Gasteiger partial charge in [0.25, 0.3) is 0 Å². The zero-order valence-electron chi connectivity index (χ0n) is 17.0. The van der Waals surface area contributed by atoms with Crippen molar-refractivity contribution in [2.45, 2.75) is 64.0 Å². The van der Waals surface area contributed by atoms with Crippen LogP contribution >= 0.6 is 11.6 Å². The summed E-state index contributed by atoms with van der Waals surface area (Å²) in [5, 5.41) is 0.742. The van der Waals surface area contributed by atoms with Gasteiger partial charge in [-0.2, -0.15) is 0 Å². The molecule has 0 unspecified atom stereocenters. The number of carbonyl (C=O) groups is 1. The van der Waals surface area contributed by atoms with Gasteiger partial charge in [-0.15, -0.1) is 0 Å². The third-order valence-corrected chi connectivity index (χ3v) is 5.99. The molecule has 5 heteroatoms. The molecule has 1 aromatic heterocycles. The van der Waals surface area contributed by atoms with Crippen LogP contribution in [0.3, 0.4) is 0 Å². The van der Waals surface area contributed by atoms with Gasteiger partial charge in [0.1, 0.15) is 5.76 Å². The van der Waals surface area contributed by atoms with Crippen molar-refractivity contribution in [2.75, 3.05) is 13.2 Å². The largest absolute Gasteiger partial charge is 0.467 e. The molecule has 0 aliphatic carbocycles. The Bertz CT molecular complexity index is 770. The molecule has 28 heavy (non-hydrogen) atoms. The van der Waals surface area contributed by atoms with Crippen LogP contribution in [0.2, 0.25) is 5.02 Å². The Labute approximate surface area is 172 Å². The van der Waals surface area contributed by atoms with Crippen molar-refractivity contribution in [3.63, 3.8) is 0 Å². The van der Waals surface area contributed by atoms with Gasteiger partial charge in [0.2, 0.25) is 5.91 Å². The Morgan fingerprint density at radius 2 is 1.96 bits per heavy atom. The minimum absolute atomic E-state index is 0.0399. The SMILES string of the molecule is CCC(=O)N(CC[C@]1(c2ccc(Cl)cc2)CCOC(C)(C)C1)Cc1ccco1. The first-order valence-corrected chi connectivity index (χ1v) is 10.4. The maximum Gasteiger partial charge on any atom is 0.222 e. The molecule has 2 aromatic rings. The molecule has 2 heterocycles. The van der Waals surface area contributed by atoms with Crippen LogP contribution in [0.5, 0.6) is 0 Å². The fourth-order valence-corrected chi connectivity index (χ4v) is 4.47. The summed E-state index contributed by atoms with van der Waals surface area (Å²) >= 11 is 6.13. The molecule has 1 aliphatic rings. The van der Waals surface area contributed by atoms with Crippen molar-refractivity contribution < 1.29 is 13.9 Å². The molecule has 1 aliphatic heterocycles. The van der Waals surface area contributed by atoms with Crippen molar-refractivity contribution >= 4 is 17.5 Å². The van der Waals surface area contributed by atoms with Crippen LogP contribution in [0, 0.1) is 0 Å². The fraction of sp³-hybridized carbons (Fsp3) is 0.522. The third-order valence-electron chi connectivity index (χ3n) is 5.74. The van der Waals surface area contributed by atoms with Crippen LogP contribution in [0.15, 0.2) is 47.1 Å². The van der Waals surface area contributed by atoms with Crippen LogP contribution in [-0.2, 0) is 21.5 Å². The summed E-state index contributed by atoms with van der Waals surface area (Å²) in [6.45, 7) is 8.12. The molecule has 0 saturated carbocycles. The molecular weight excluding hydrogens is 374 g/mol. The van der Waals surface area contributed by atoms with E-state index in [4.69, 9.17) is 20.8 Å². The highest BCUT2D eigenvalue weighted by Gasteiger charge is 2.42. The number of carbonyl (C=O) groups excluding carboxylic acids is 1.